The lowest BCUT2D eigenvalue weighted by molar-refractivity contribution is -0.144. The Morgan fingerprint density at radius 1 is 1.28 bits per heavy atom. The number of likely N-dealkylation sites (N-methyl/N-ethyl adjacent to an activating group) is 1. The average molecular weight is 414 g/mol. The molecule has 1 fully saturated rings. The second-order valence-electron chi connectivity index (χ2n) is 8.06. The highest BCUT2D eigenvalue weighted by Gasteiger charge is 2.40. The van der Waals surface area contributed by atoms with Crippen molar-refractivity contribution in [1.29, 1.82) is 0 Å². The first-order chi connectivity index (χ1) is 13.8. The van der Waals surface area contributed by atoms with Gasteiger partial charge in [-0.05, 0) is 18.8 Å². The fourth-order valence-corrected chi connectivity index (χ4v) is 4.43. The first kappa shape index (κ1) is 25.5. The van der Waals surface area contributed by atoms with Gasteiger partial charge < -0.3 is 29.8 Å². The van der Waals surface area contributed by atoms with E-state index in [9.17, 15) is 14.4 Å². The third kappa shape index (κ3) is 6.23. The Labute approximate surface area is 175 Å². The minimum Gasteiger partial charge on any atom is -0.379 e. The van der Waals surface area contributed by atoms with Crippen LogP contribution in [0.1, 0.15) is 46.5 Å². The Morgan fingerprint density at radius 2 is 1.93 bits per heavy atom. The SMILES string of the molecule is CCC(C)C(C(CC(=O)N1CCCC1C(OC)C(C)C=O)OC)N(C)C(=O)CN. The summed E-state index contributed by atoms with van der Waals surface area (Å²) in [4.78, 5) is 40.1. The zero-order valence-electron chi connectivity index (χ0n) is 18.8. The summed E-state index contributed by atoms with van der Waals surface area (Å²) < 4.78 is 11.3. The molecule has 0 saturated carbocycles. The second kappa shape index (κ2) is 12.2. The second-order valence-corrected chi connectivity index (χ2v) is 8.06. The molecular weight excluding hydrogens is 374 g/mol. The summed E-state index contributed by atoms with van der Waals surface area (Å²) in [5.41, 5.74) is 5.55. The van der Waals surface area contributed by atoms with E-state index in [-0.39, 0.29) is 54.8 Å². The number of ether oxygens (including phenoxy) is 2. The summed E-state index contributed by atoms with van der Waals surface area (Å²) >= 11 is 0. The van der Waals surface area contributed by atoms with Crippen molar-refractivity contribution in [3.8, 4) is 0 Å². The van der Waals surface area contributed by atoms with Crippen molar-refractivity contribution < 1.29 is 23.9 Å². The van der Waals surface area contributed by atoms with Crippen LogP contribution in [-0.2, 0) is 23.9 Å². The van der Waals surface area contributed by atoms with E-state index >= 15 is 0 Å². The quantitative estimate of drug-likeness (QED) is 0.480. The lowest BCUT2D eigenvalue weighted by atomic mass is 9.90. The summed E-state index contributed by atoms with van der Waals surface area (Å²) in [6.45, 7) is 6.46. The Hall–Kier alpha value is -1.51. The van der Waals surface area contributed by atoms with Gasteiger partial charge in [0.25, 0.3) is 0 Å². The van der Waals surface area contributed by atoms with Crippen LogP contribution in [0.25, 0.3) is 0 Å². The van der Waals surface area contributed by atoms with Gasteiger partial charge in [0.2, 0.25) is 11.8 Å². The molecule has 8 nitrogen and oxygen atoms in total. The van der Waals surface area contributed by atoms with Crippen LogP contribution in [0, 0.1) is 11.8 Å². The van der Waals surface area contributed by atoms with Crippen molar-refractivity contribution in [2.24, 2.45) is 17.6 Å². The molecule has 1 aliphatic rings. The lowest BCUT2D eigenvalue weighted by Crippen LogP contribution is -2.53. The van der Waals surface area contributed by atoms with Crippen LogP contribution in [0.15, 0.2) is 0 Å². The standard InChI is InChI=1S/C21H39N3O5/c1-7-14(2)20(23(4)19(27)12-22)17(28-5)11-18(26)24-10-8-9-16(24)21(29-6)15(3)13-25/h13-17,20-21H,7-12,22H2,1-6H3. The fraction of sp³-hybridized carbons (Fsp3) is 0.857. The Morgan fingerprint density at radius 3 is 2.41 bits per heavy atom. The van der Waals surface area contributed by atoms with Crippen LogP contribution in [0.3, 0.4) is 0 Å². The Balaban J connectivity index is 3.01. The van der Waals surface area contributed by atoms with Gasteiger partial charge in [0.15, 0.2) is 0 Å². The summed E-state index contributed by atoms with van der Waals surface area (Å²) in [6, 6.07) is -0.381. The van der Waals surface area contributed by atoms with Crippen molar-refractivity contribution in [3.63, 3.8) is 0 Å². The van der Waals surface area contributed by atoms with E-state index in [0.717, 1.165) is 25.5 Å². The van der Waals surface area contributed by atoms with Gasteiger partial charge in [0, 0.05) is 33.7 Å². The molecule has 6 atom stereocenters. The minimum absolute atomic E-state index is 0.0404. The van der Waals surface area contributed by atoms with Gasteiger partial charge in [0.05, 0.1) is 37.3 Å². The summed E-state index contributed by atoms with van der Waals surface area (Å²) in [6.07, 6.45) is 2.79. The lowest BCUT2D eigenvalue weighted by Gasteiger charge is -2.39. The van der Waals surface area contributed by atoms with E-state index in [2.05, 4.69) is 0 Å². The van der Waals surface area contributed by atoms with Gasteiger partial charge in [-0.15, -0.1) is 0 Å². The number of likely N-dealkylation sites (tertiary alicyclic amines) is 1. The molecule has 168 valence electrons. The van der Waals surface area contributed by atoms with Gasteiger partial charge in [-0.2, -0.15) is 0 Å². The van der Waals surface area contributed by atoms with Crippen molar-refractivity contribution in [2.75, 3.05) is 34.4 Å². The number of methoxy groups -OCH3 is 2. The molecule has 2 amide bonds. The molecule has 0 aromatic heterocycles. The van der Waals surface area contributed by atoms with E-state index in [1.54, 1.807) is 26.2 Å². The highest BCUT2D eigenvalue weighted by atomic mass is 16.5. The zero-order chi connectivity index (χ0) is 22.1. The van der Waals surface area contributed by atoms with Crippen LogP contribution >= 0.6 is 0 Å². The van der Waals surface area contributed by atoms with Gasteiger partial charge in [0.1, 0.15) is 6.29 Å². The average Bonchev–Trinajstić information content (AvgIpc) is 3.21. The van der Waals surface area contributed by atoms with Gasteiger partial charge >= 0.3 is 0 Å². The molecule has 0 radical (unpaired) electrons. The topological polar surface area (TPSA) is 102 Å². The molecule has 0 bridgehead atoms. The number of nitrogens with zero attached hydrogens (tertiary/aromatic N) is 2. The monoisotopic (exact) mass is 413 g/mol. The maximum Gasteiger partial charge on any atom is 0.236 e. The smallest absolute Gasteiger partial charge is 0.236 e. The highest BCUT2D eigenvalue weighted by Crippen LogP contribution is 2.28. The molecule has 0 aliphatic carbocycles. The molecule has 1 aliphatic heterocycles. The third-order valence-corrected chi connectivity index (χ3v) is 6.31. The van der Waals surface area contributed by atoms with Gasteiger partial charge in [-0.25, -0.2) is 0 Å². The van der Waals surface area contributed by atoms with Crippen molar-refractivity contribution >= 4 is 18.1 Å². The Bertz CT molecular complexity index is 544. The van der Waals surface area contributed by atoms with Crippen molar-refractivity contribution in [2.45, 2.75) is 70.7 Å². The van der Waals surface area contributed by atoms with E-state index in [0.29, 0.717) is 6.54 Å². The predicted octanol–water partition coefficient (Wildman–Crippen LogP) is 1.06. The number of rotatable bonds is 12. The fourth-order valence-electron chi connectivity index (χ4n) is 4.43. The molecular formula is C21H39N3O5. The van der Waals surface area contributed by atoms with Gasteiger partial charge in [-0.1, -0.05) is 27.2 Å². The predicted molar refractivity (Wildman–Crippen MR) is 111 cm³/mol. The number of hydrogen-bond donors (Lipinski definition) is 1. The van der Waals surface area contributed by atoms with Crippen molar-refractivity contribution in [1.82, 2.24) is 9.80 Å². The van der Waals surface area contributed by atoms with E-state index in [1.807, 2.05) is 25.7 Å². The van der Waals surface area contributed by atoms with E-state index < -0.39 is 6.10 Å². The maximum absolute atomic E-state index is 13.2. The molecule has 1 saturated heterocycles. The third-order valence-electron chi connectivity index (χ3n) is 6.31. The first-order valence-corrected chi connectivity index (χ1v) is 10.5. The maximum atomic E-state index is 13.2. The van der Waals surface area contributed by atoms with E-state index in [1.165, 1.54) is 0 Å². The number of carbonyl (C=O) groups excluding carboxylic acids is 3. The summed E-state index contributed by atoms with van der Waals surface area (Å²) in [7, 11) is 4.87. The molecule has 1 heterocycles. The minimum atomic E-state index is -0.441. The molecule has 29 heavy (non-hydrogen) atoms. The highest BCUT2D eigenvalue weighted by molar-refractivity contribution is 5.79. The van der Waals surface area contributed by atoms with Crippen LogP contribution in [0.2, 0.25) is 0 Å². The summed E-state index contributed by atoms with van der Waals surface area (Å²) in [5.74, 6) is -0.369. The number of amides is 2. The number of nitrogens with two attached hydrogens (primary N) is 1. The van der Waals surface area contributed by atoms with Crippen LogP contribution in [-0.4, -0.2) is 86.5 Å². The zero-order valence-corrected chi connectivity index (χ0v) is 18.8. The van der Waals surface area contributed by atoms with E-state index in [4.69, 9.17) is 15.2 Å². The Kier molecular flexibility index (Phi) is 10.8. The molecule has 0 aromatic carbocycles. The molecule has 8 heteroatoms. The molecule has 6 unspecified atom stereocenters. The van der Waals surface area contributed by atoms with Crippen LogP contribution in [0.5, 0.6) is 0 Å². The number of carbonyl (C=O) groups is 3. The first-order valence-electron chi connectivity index (χ1n) is 10.5. The molecule has 2 N–H and O–H groups in total. The van der Waals surface area contributed by atoms with Crippen LogP contribution in [0.4, 0.5) is 0 Å². The number of hydrogen-bond acceptors (Lipinski definition) is 6. The van der Waals surface area contributed by atoms with Gasteiger partial charge in [-0.3, -0.25) is 9.59 Å². The normalized spacial score (nSPS) is 21.9. The molecule has 1 rings (SSSR count). The summed E-state index contributed by atoms with van der Waals surface area (Å²) in [5, 5.41) is 0. The molecule has 0 spiro atoms. The number of aldehydes is 1. The largest absolute Gasteiger partial charge is 0.379 e. The van der Waals surface area contributed by atoms with Crippen LogP contribution < -0.4 is 5.73 Å². The molecule has 0 aromatic rings. The van der Waals surface area contributed by atoms with Crippen molar-refractivity contribution in [3.05, 3.63) is 0 Å².